The van der Waals surface area contributed by atoms with Gasteiger partial charge in [-0.15, -0.1) is 0 Å². The van der Waals surface area contributed by atoms with E-state index in [2.05, 4.69) is 14.9 Å². The Balaban J connectivity index is 1.52. The van der Waals surface area contributed by atoms with E-state index in [1.54, 1.807) is 24.4 Å². The molecule has 1 N–H and O–H groups in total. The topological polar surface area (TPSA) is 78.4 Å². The van der Waals surface area contributed by atoms with Crippen molar-refractivity contribution >= 4 is 10.9 Å². The first-order chi connectivity index (χ1) is 16.1. The summed E-state index contributed by atoms with van der Waals surface area (Å²) in [7, 11) is 0. The van der Waals surface area contributed by atoms with E-state index in [-0.39, 0.29) is 29.9 Å². The molecule has 0 saturated heterocycles. The van der Waals surface area contributed by atoms with E-state index in [1.165, 1.54) is 6.07 Å². The van der Waals surface area contributed by atoms with Crippen LogP contribution < -0.4 is 15.0 Å². The average molecular weight is 453 g/mol. The molecule has 4 aromatic rings. The second-order valence-electron chi connectivity index (χ2n) is 7.78. The Morgan fingerprint density at radius 3 is 2.67 bits per heavy atom. The van der Waals surface area contributed by atoms with Gasteiger partial charge in [0.2, 0.25) is 0 Å². The van der Waals surface area contributed by atoms with Crippen molar-refractivity contribution in [2.45, 2.75) is 38.9 Å². The van der Waals surface area contributed by atoms with Crippen LogP contribution in [0, 0.1) is 0 Å². The van der Waals surface area contributed by atoms with Crippen LogP contribution in [0.3, 0.4) is 0 Å². The number of hydrogen-bond donors (Lipinski definition) is 1. The Morgan fingerprint density at radius 1 is 1.09 bits per heavy atom. The maximum atomic E-state index is 12.9. The van der Waals surface area contributed by atoms with Crippen molar-refractivity contribution in [1.29, 1.82) is 0 Å². The molecule has 0 bridgehead atoms. The molecule has 1 saturated carbocycles. The molecule has 1 aliphatic rings. The molecule has 2 aromatic carbocycles. The smallest absolute Gasteiger partial charge is 0.387 e. The first-order valence-electron chi connectivity index (χ1n) is 10.5. The number of H-pyrrole nitrogens is 1. The van der Waals surface area contributed by atoms with Gasteiger partial charge >= 0.3 is 6.61 Å². The van der Waals surface area contributed by atoms with Gasteiger partial charge in [-0.1, -0.05) is 30.3 Å². The Bertz CT molecular complexity index is 1320. The van der Waals surface area contributed by atoms with Crippen molar-refractivity contribution in [3.8, 4) is 22.8 Å². The van der Waals surface area contributed by atoms with Crippen LogP contribution in [0.1, 0.15) is 18.4 Å². The summed E-state index contributed by atoms with van der Waals surface area (Å²) >= 11 is 0. The minimum Gasteiger partial charge on any atom is -0.487 e. The highest BCUT2D eigenvalue weighted by atomic mass is 19.3. The molecule has 170 valence electrons. The van der Waals surface area contributed by atoms with Crippen LogP contribution in [0.4, 0.5) is 8.78 Å². The van der Waals surface area contributed by atoms with E-state index in [0.717, 1.165) is 18.4 Å². The number of nitrogens with one attached hydrogen (secondary N) is 1. The lowest BCUT2D eigenvalue weighted by molar-refractivity contribution is -0.0516. The number of fused-ring (bicyclic) bond motifs is 1. The third-order valence-electron chi connectivity index (χ3n) is 5.34. The summed E-state index contributed by atoms with van der Waals surface area (Å²) in [5.74, 6) is 0.215. The molecular formula is C24H21F2N3O4. The summed E-state index contributed by atoms with van der Waals surface area (Å²) in [6, 6.07) is 16.2. The number of aromatic nitrogens is 3. The molecule has 7 nitrogen and oxygen atoms in total. The fourth-order valence-corrected chi connectivity index (χ4v) is 3.62. The Morgan fingerprint density at radius 2 is 1.91 bits per heavy atom. The van der Waals surface area contributed by atoms with Gasteiger partial charge < -0.3 is 18.8 Å². The number of nitrogens with zero attached hydrogens (tertiary/aromatic N) is 2. The lowest BCUT2D eigenvalue weighted by Gasteiger charge is -2.15. The first kappa shape index (κ1) is 21.1. The molecule has 2 aromatic heterocycles. The van der Waals surface area contributed by atoms with Crippen LogP contribution in [-0.4, -0.2) is 27.5 Å². The maximum absolute atomic E-state index is 12.9. The average Bonchev–Trinajstić information content (AvgIpc) is 3.55. The first-order valence-corrected chi connectivity index (χ1v) is 10.5. The van der Waals surface area contributed by atoms with Crippen molar-refractivity contribution in [2.75, 3.05) is 0 Å². The molecule has 9 heteroatoms. The normalized spacial score (nSPS) is 13.5. The van der Waals surface area contributed by atoms with Crippen LogP contribution in [0.25, 0.3) is 22.2 Å². The zero-order chi connectivity index (χ0) is 22.8. The minimum absolute atomic E-state index is 0.00706. The van der Waals surface area contributed by atoms with Gasteiger partial charge in [0.1, 0.15) is 6.73 Å². The van der Waals surface area contributed by atoms with Gasteiger partial charge in [-0.2, -0.15) is 13.9 Å². The van der Waals surface area contributed by atoms with Crippen molar-refractivity contribution in [1.82, 2.24) is 14.8 Å². The van der Waals surface area contributed by atoms with Crippen molar-refractivity contribution in [3.63, 3.8) is 0 Å². The lowest BCUT2D eigenvalue weighted by atomic mass is 10.1. The number of halogens is 2. The molecule has 0 spiro atoms. The van der Waals surface area contributed by atoms with Gasteiger partial charge in [-0.3, -0.25) is 4.79 Å². The summed E-state index contributed by atoms with van der Waals surface area (Å²) in [5, 5.41) is 6.80. The molecule has 33 heavy (non-hydrogen) atoms. The van der Waals surface area contributed by atoms with E-state index in [1.807, 2.05) is 34.9 Å². The largest absolute Gasteiger partial charge is 0.487 e. The molecule has 1 aliphatic carbocycles. The number of benzene rings is 2. The summed E-state index contributed by atoms with van der Waals surface area (Å²) < 4.78 is 43.9. The van der Waals surface area contributed by atoms with Crippen molar-refractivity contribution in [2.24, 2.45) is 0 Å². The molecular weight excluding hydrogens is 432 g/mol. The van der Waals surface area contributed by atoms with E-state index in [4.69, 9.17) is 9.47 Å². The Labute approximate surface area is 187 Å². The molecule has 0 radical (unpaired) electrons. The van der Waals surface area contributed by atoms with Crippen LogP contribution in [0.2, 0.25) is 0 Å². The molecule has 0 aliphatic heterocycles. The fourth-order valence-electron chi connectivity index (χ4n) is 3.62. The monoisotopic (exact) mass is 453 g/mol. The van der Waals surface area contributed by atoms with E-state index in [0.29, 0.717) is 28.8 Å². The number of ether oxygens (including phenoxy) is 3. The third kappa shape index (κ3) is 4.73. The molecule has 0 unspecified atom stereocenters. The molecule has 2 heterocycles. The Kier molecular flexibility index (Phi) is 5.78. The van der Waals surface area contributed by atoms with Crippen LogP contribution >= 0.6 is 0 Å². The van der Waals surface area contributed by atoms with Gasteiger partial charge in [-0.25, -0.2) is 5.10 Å². The lowest BCUT2D eigenvalue weighted by Crippen LogP contribution is -2.09. The highest BCUT2D eigenvalue weighted by Crippen LogP contribution is 2.38. The number of alkyl halides is 2. The van der Waals surface area contributed by atoms with E-state index in [9.17, 15) is 13.6 Å². The van der Waals surface area contributed by atoms with E-state index < -0.39 is 6.61 Å². The summed E-state index contributed by atoms with van der Waals surface area (Å²) in [6.45, 7) is -2.42. The van der Waals surface area contributed by atoms with E-state index >= 15 is 0 Å². The number of hydrogen-bond acceptors (Lipinski definition) is 5. The summed E-state index contributed by atoms with van der Waals surface area (Å²) in [4.78, 5) is 12.4. The second kappa shape index (κ2) is 9.03. The predicted molar refractivity (Wildman–Crippen MR) is 117 cm³/mol. The minimum atomic E-state index is -2.96. The predicted octanol–water partition coefficient (Wildman–Crippen LogP) is 4.71. The highest BCUT2D eigenvalue weighted by molar-refractivity contribution is 5.86. The van der Waals surface area contributed by atoms with Gasteiger partial charge in [0.05, 0.1) is 35.5 Å². The van der Waals surface area contributed by atoms with Crippen molar-refractivity contribution in [3.05, 3.63) is 76.7 Å². The van der Waals surface area contributed by atoms with Crippen molar-refractivity contribution < 1.29 is 23.0 Å². The third-order valence-corrected chi connectivity index (χ3v) is 5.34. The molecule has 0 atom stereocenters. The molecule has 1 fully saturated rings. The zero-order valence-electron chi connectivity index (χ0n) is 17.5. The highest BCUT2D eigenvalue weighted by Gasteiger charge is 2.26. The van der Waals surface area contributed by atoms with Gasteiger partial charge in [0.25, 0.3) is 5.56 Å². The van der Waals surface area contributed by atoms with Gasteiger partial charge in [0, 0.05) is 5.56 Å². The summed E-state index contributed by atoms with van der Waals surface area (Å²) in [5.41, 5.74) is 2.62. The fraction of sp³-hybridized carbons (Fsp3) is 0.250. The second-order valence-corrected chi connectivity index (χ2v) is 7.78. The summed E-state index contributed by atoms with van der Waals surface area (Å²) in [6.07, 6.45) is 3.29. The van der Waals surface area contributed by atoms with Crippen LogP contribution in [0.15, 0.2) is 65.6 Å². The zero-order valence-corrected chi connectivity index (χ0v) is 17.5. The quantitative estimate of drug-likeness (QED) is 0.397. The maximum Gasteiger partial charge on any atom is 0.387 e. The van der Waals surface area contributed by atoms with Gasteiger partial charge in [-0.05, 0) is 42.7 Å². The molecule has 5 rings (SSSR count). The van der Waals surface area contributed by atoms with Gasteiger partial charge in [0.15, 0.2) is 11.5 Å². The number of rotatable bonds is 9. The SMILES string of the molecule is O=c1[nH]ncc2c1cc(-c1ccc(OC(F)F)c(OC3CC3)c1)n2COCc1ccccc1. The van der Waals surface area contributed by atoms with Crippen LogP contribution in [-0.2, 0) is 18.1 Å². The number of aromatic amines is 1. The Hall–Kier alpha value is -3.72. The standard InChI is InChI=1S/C24H21F2N3O4/c25-24(26)33-21-9-6-16(10-22(21)32-17-7-8-17)19-11-18-20(12-27-28-23(18)30)29(19)14-31-13-15-4-2-1-3-5-15/h1-6,9-12,17,24H,7-8,13-14H2,(H,28,30). The van der Waals surface area contributed by atoms with Crippen LogP contribution in [0.5, 0.6) is 11.5 Å². The molecule has 0 amide bonds.